The van der Waals surface area contributed by atoms with Crippen LogP contribution in [0.1, 0.15) is 28.9 Å². The van der Waals surface area contributed by atoms with E-state index < -0.39 is 0 Å². The van der Waals surface area contributed by atoms with Crippen molar-refractivity contribution in [2.75, 3.05) is 16.8 Å². The summed E-state index contributed by atoms with van der Waals surface area (Å²) in [7, 11) is 0. The average Bonchev–Trinajstić information content (AvgIpc) is 3.27. The Hall–Kier alpha value is -3.61. The number of amides is 2. The van der Waals surface area contributed by atoms with E-state index in [1.54, 1.807) is 47.5 Å². The Kier molecular flexibility index (Phi) is 4.57. The molecule has 2 amide bonds. The number of anilines is 2. The van der Waals surface area contributed by atoms with Crippen molar-refractivity contribution in [3.05, 3.63) is 76.5 Å². The molecule has 3 aromatic rings. The molecule has 28 heavy (non-hydrogen) atoms. The highest BCUT2D eigenvalue weighted by Crippen LogP contribution is 2.24. The first kappa shape index (κ1) is 17.8. The molecule has 0 spiro atoms. The second-order valence-corrected chi connectivity index (χ2v) is 6.74. The van der Waals surface area contributed by atoms with E-state index in [0.29, 0.717) is 29.9 Å². The monoisotopic (exact) mass is 376 g/mol. The van der Waals surface area contributed by atoms with E-state index in [9.17, 15) is 14.4 Å². The molecule has 0 unspecified atom stereocenters. The number of nitrogens with zero attached hydrogens (tertiary/aromatic N) is 2. The van der Waals surface area contributed by atoms with E-state index in [0.717, 1.165) is 17.8 Å². The summed E-state index contributed by atoms with van der Waals surface area (Å²) in [5, 5.41) is 2.88. The molecule has 1 aromatic heterocycles. The lowest BCUT2D eigenvalue weighted by atomic mass is 10.1. The first-order valence-electron chi connectivity index (χ1n) is 9.13. The Balaban J connectivity index is 1.64. The molecular formula is C21H20N4O3. The second kappa shape index (κ2) is 7.19. The van der Waals surface area contributed by atoms with Crippen LogP contribution in [0.3, 0.4) is 0 Å². The maximum absolute atomic E-state index is 12.8. The standard InChI is InChI=1S/C21H20N4O3/c1-14-13-22-21(28)25(14)18-9-3-2-8-17(18)23-20(27)15-6-4-7-16(12-15)24-11-5-10-19(24)26/h2-4,6-9,12-13H,5,10-11H2,1H3,(H,22,28)(H,23,27). The number of aromatic nitrogens is 2. The van der Waals surface area contributed by atoms with Gasteiger partial charge >= 0.3 is 5.69 Å². The normalized spacial score (nSPS) is 13.8. The van der Waals surface area contributed by atoms with Gasteiger partial charge in [0.05, 0.1) is 11.4 Å². The van der Waals surface area contributed by atoms with Gasteiger partial charge in [-0.15, -0.1) is 0 Å². The highest BCUT2D eigenvalue weighted by molar-refractivity contribution is 6.06. The third-order valence-corrected chi connectivity index (χ3v) is 4.85. The molecule has 1 fully saturated rings. The van der Waals surface area contributed by atoms with E-state index in [1.165, 1.54) is 4.57 Å². The van der Waals surface area contributed by atoms with E-state index in [4.69, 9.17) is 0 Å². The largest absolute Gasteiger partial charge is 0.330 e. The van der Waals surface area contributed by atoms with Gasteiger partial charge in [0, 0.05) is 36.1 Å². The highest BCUT2D eigenvalue weighted by atomic mass is 16.2. The molecule has 0 atom stereocenters. The van der Waals surface area contributed by atoms with Crippen LogP contribution in [0.25, 0.3) is 5.69 Å². The minimum atomic E-state index is -0.304. The topological polar surface area (TPSA) is 87.2 Å². The minimum Gasteiger partial charge on any atom is -0.320 e. The molecule has 2 heterocycles. The number of imidazole rings is 1. The number of carbonyl (C=O) groups excluding carboxylic acids is 2. The zero-order chi connectivity index (χ0) is 19.7. The highest BCUT2D eigenvalue weighted by Gasteiger charge is 2.22. The number of para-hydroxylation sites is 2. The number of aryl methyl sites for hydroxylation is 1. The van der Waals surface area contributed by atoms with Gasteiger partial charge < -0.3 is 15.2 Å². The Morgan fingerprint density at radius 1 is 1.11 bits per heavy atom. The summed E-state index contributed by atoms with van der Waals surface area (Å²) >= 11 is 0. The summed E-state index contributed by atoms with van der Waals surface area (Å²) in [6.45, 7) is 2.48. The number of hydrogen-bond donors (Lipinski definition) is 2. The van der Waals surface area contributed by atoms with Crippen LogP contribution >= 0.6 is 0 Å². The first-order valence-corrected chi connectivity index (χ1v) is 9.13. The lowest BCUT2D eigenvalue weighted by Gasteiger charge is -2.17. The minimum absolute atomic E-state index is 0.0743. The summed E-state index contributed by atoms with van der Waals surface area (Å²) in [5.74, 6) is -0.229. The van der Waals surface area contributed by atoms with Crippen LogP contribution in [0.4, 0.5) is 11.4 Å². The zero-order valence-electron chi connectivity index (χ0n) is 15.4. The van der Waals surface area contributed by atoms with Crippen LogP contribution in [-0.4, -0.2) is 27.9 Å². The van der Waals surface area contributed by atoms with Crippen LogP contribution in [-0.2, 0) is 4.79 Å². The quantitative estimate of drug-likeness (QED) is 0.734. The van der Waals surface area contributed by atoms with E-state index in [-0.39, 0.29) is 17.5 Å². The smallest absolute Gasteiger partial charge is 0.320 e. The Labute approximate surface area is 161 Å². The van der Waals surface area contributed by atoms with Crippen LogP contribution in [0.5, 0.6) is 0 Å². The van der Waals surface area contributed by atoms with Crippen molar-refractivity contribution in [2.24, 2.45) is 0 Å². The molecule has 0 saturated carbocycles. The zero-order valence-corrected chi connectivity index (χ0v) is 15.4. The molecule has 2 aromatic carbocycles. The van der Waals surface area contributed by atoms with Crippen molar-refractivity contribution in [3.8, 4) is 5.69 Å². The SMILES string of the molecule is Cc1c[nH]c(=O)n1-c1ccccc1NC(=O)c1cccc(N2CCCC2=O)c1. The number of benzene rings is 2. The van der Waals surface area contributed by atoms with Crippen LogP contribution in [0.2, 0.25) is 0 Å². The van der Waals surface area contributed by atoms with Crippen molar-refractivity contribution < 1.29 is 9.59 Å². The molecule has 0 radical (unpaired) electrons. The molecule has 2 N–H and O–H groups in total. The Morgan fingerprint density at radius 3 is 2.64 bits per heavy atom. The van der Waals surface area contributed by atoms with Gasteiger partial charge in [0.15, 0.2) is 0 Å². The fraction of sp³-hybridized carbons (Fsp3) is 0.190. The predicted octanol–water partition coefficient (Wildman–Crippen LogP) is 2.85. The van der Waals surface area contributed by atoms with Gasteiger partial charge in [-0.25, -0.2) is 4.79 Å². The number of nitrogens with one attached hydrogen (secondary N) is 2. The summed E-state index contributed by atoms with van der Waals surface area (Å²) < 4.78 is 1.51. The summed E-state index contributed by atoms with van der Waals surface area (Å²) in [4.78, 5) is 41.3. The Morgan fingerprint density at radius 2 is 1.93 bits per heavy atom. The van der Waals surface area contributed by atoms with Gasteiger partial charge in [-0.2, -0.15) is 0 Å². The van der Waals surface area contributed by atoms with E-state index >= 15 is 0 Å². The maximum Gasteiger partial charge on any atom is 0.330 e. The predicted molar refractivity (Wildman–Crippen MR) is 107 cm³/mol. The lowest BCUT2D eigenvalue weighted by molar-refractivity contribution is -0.117. The molecular weight excluding hydrogens is 356 g/mol. The average molecular weight is 376 g/mol. The number of hydrogen-bond acceptors (Lipinski definition) is 3. The molecule has 4 rings (SSSR count). The van der Waals surface area contributed by atoms with Gasteiger partial charge in [-0.1, -0.05) is 18.2 Å². The van der Waals surface area contributed by atoms with Crippen LogP contribution in [0.15, 0.2) is 59.5 Å². The molecule has 1 aliphatic rings. The lowest BCUT2D eigenvalue weighted by Crippen LogP contribution is -2.24. The van der Waals surface area contributed by atoms with Crippen molar-refractivity contribution in [1.82, 2.24) is 9.55 Å². The van der Waals surface area contributed by atoms with E-state index in [2.05, 4.69) is 10.3 Å². The van der Waals surface area contributed by atoms with Crippen molar-refractivity contribution >= 4 is 23.2 Å². The summed E-state index contributed by atoms with van der Waals surface area (Å²) in [5.41, 5.74) is 2.76. The number of H-pyrrole nitrogens is 1. The van der Waals surface area contributed by atoms with Gasteiger partial charge in [0.2, 0.25) is 5.91 Å². The fourth-order valence-corrected chi connectivity index (χ4v) is 3.46. The van der Waals surface area contributed by atoms with Crippen LogP contribution in [0, 0.1) is 6.92 Å². The number of carbonyl (C=O) groups is 2. The number of aromatic amines is 1. The van der Waals surface area contributed by atoms with Gasteiger partial charge in [-0.05, 0) is 43.7 Å². The molecule has 7 nitrogen and oxygen atoms in total. The molecule has 0 bridgehead atoms. The molecule has 0 aliphatic carbocycles. The maximum atomic E-state index is 12.8. The van der Waals surface area contributed by atoms with Gasteiger partial charge in [0.1, 0.15) is 0 Å². The van der Waals surface area contributed by atoms with Crippen molar-refractivity contribution in [3.63, 3.8) is 0 Å². The first-order chi connectivity index (χ1) is 13.5. The molecule has 7 heteroatoms. The summed E-state index contributed by atoms with van der Waals surface area (Å²) in [6.07, 6.45) is 2.99. The fourth-order valence-electron chi connectivity index (χ4n) is 3.46. The number of rotatable bonds is 4. The third-order valence-electron chi connectivity index (χ3n) is 4.85. The van der Waals surface area contributed by atoms with Gasteiger partial charge in [-0.3, -0.25) is 14.2 Å². The molecule has 1 saturated heterocycles. The van der Waals surface area contributed by atoms with Crippen molar-refractivity contribution in [2.45, 2.75) is 19.8 Å². The molecule has 1 aliphatic heterocycles. The molecule has 142 valence electrons. The Bertz CT molecular complexity index is 1110. The van der Waals surface area contributed by atoms with Crippen molar-refractivity contribution in [1.29, 1.82) is 0 Å². The summed E-state index contributed by atoms with van der Waals surface area (Å²) in [6, 6.07) is 14.1. The second-order valence-electron chi connectivity index (χ2n) is 6.74. The van der Waals surface area contributed by atoms with Crippen LogP contribution < -0.4 is 15.9 Å². The van der Waals surface area contributed by atoms with Gasteiger partial charge in [0.25, 0.3) is 5.91 Å². The van der Waals surface area contributed by atoms with E-state index in [1.807, 2.05) is 19.1 Å². The third kappa shape index (κ3) is 3.22.